The Labute approximate surface area is 112 Å². The molecule has 0 bridgehead atoms. The zero-order chi connectivity index (χ0) is 13.3. The molecule has 19 heavy (non-hydrogen) atoms. The van der Waals surface area contributed by atoms with E-state index in [4.69, 9.17) is 0 Å². The zero-order valence-electron chi connectivity index (χ0n) is 11.0. The molecule has 0 aromatic carbocycles. The Morgan fingerprint density at radius 1 is 1.32 bits per heavy atom. The smallest absolute Gasteiger partial charge is 0.225 e. The number of piperidine rings is 1. The van der Waals surface area contributed by atoms with E-state index >= 15 is 0 Å². The van der Waals surface area contributed by atoms with Gasteiger partial charge in [0.1, 0.15) is 0 Å². The first-order valence-electron chi connectivity index (χ1n) is 6.96. The number of aldehydes is 1. The minimum Gasteiger partial charge on any atom is -0.389 e. The van der Waals surface area contributed by atoms with Gasteiger partial charge in [-0.1, -0.05) is 12.8 Å². The summed E-state index contributed by atoms with van der Waals surface area (Å²) in [4.78, 5) is 21.2. The molecule has 2 unspecified atom stereocenters. The van der Waals surface area contributed by atoms with Crippen molar-refractivity contribution in [3.05, 3.63) is 18.0 Å². The molecule has 1 saturated carbocycles. The highest BCUT2D eigenvalue weighted by atomic mass is 16.3. The maximum atomic E-state index is 10.6. The fraction of sp³-hybridized carbons (Fsp3) is 0.643. The molecule has 1 N–H and O–H groups in total. The van der Waals surface area contributed by atoms with Gasteiger partial charge in [-0.25, -0.2) is 9.97 Å². The van der Waals surface area contributed by atoms with Crippen molar-refractivity contribution in [2.24, 2.45) is 5.92 Å². The SMILES string of the molecule is O=Cc1cnc(N2CCC3(O)CCCCC3C2)nc1. The molecule has 2 heterocycles. The fourth-order valence-electron chi connectivity index (χ4n) is 3.31. The molecule has 1 aliphatic carbocycles. The Kier molecular flexibility index (Phi) is 3.22. The van der Waals surface area contributed by atoms with Gasteiger partial charge in [0.15, 0.2) is 6.29 Å². The van der Waals surface area contributed by atoms with Crippen LogP contribution in [0.3, 0.4) is 0 Å². The second kappa shape index (κ2) is 4.89. The van der Waals surface area contributed by atoms with Gasteiger partial charge in [-0.2, -0.15) is 0 Å². The van der Waals surface area contributed by atoms with Gasteiger partial charge in [0.25, 0.3) is 0 Å². The van der Waals surface area contributed by atoms with E-state index < -0.39 is 5.60 Å². The molecule has 5 nitrogen and oxygen atoms in total. The van der Waals surface area contributed by atoms with Crippen molar-refractivity contribution in [1.29, 1.82) is 0 Å². The molecule has 0 amide bonds. The van der Waals surface area contributed by atoms with Crippen LogP contribution in [0.4, 0.5) is 5.95 Å². The fourth-order valence-corrected chi connectivity index (χ4v) is 3.31. The van der Waals surface area contributed by atoms with Crippen molar-refractivity contribution in [1.82, 2.24) is 9.97 Å². The first-order valence-corrected chi connectivity index (χ1v) is 6.96. The number of anilines is 1. The van der Waals surface area contributed by atoms with Crippen molar-refractivity contribution < 1.29 is 9.90 Å². The summed E-state index contributed by atoms with van der Waals surface area (Å²) in [6.45, 7) is 1.60. The number of carbonyl (C=O) groups excluding carboxylic acids is 1. The van der Waals surface area contributed by atoms with E-state index in [0.717, 1.165) is 45.1 Å². The Morgan fingerprint density at radius 3 is 2.84 bits per heavy atom. The van der Waals surface area contributed by atoms with E-state index in [1.165, 1.54) is 6.42 Å². The van der Waals surface area contributed by atoms with Crippen LogP contribution in [-0.2, 0) is 0 Å². The first kappa shape index (κ1) is 12.5. The Morgan fingerprint density at radius 2 is 2.11 bits per heavy atom. The minimum atomic E-state index is -0.475. The predicted octanol–water partition coefficient (Wildman–Crippen LogP) is 1.42. The number of hydrogen-bond donors (Lipinski definition) is 1. The Hall–Kier alpha value is -1.49. The molecule has 2 aliphatic rings. The van der Waals surface area contributed by atoms with E-state index in [0.29, 0.717) is 17.4 Å². The van der Waals surface area contributed by atoms with Crippen LogP contribution in [0.15, 0.2) is 12.4 Å². The first-order chi connectivity index (χ1) is 9.21. The van der Waals surface area contributed by atoms with Gasteiger partial charge in [-0.15, -0.1) is 0 Å². The summed E-state index contributed by atoms with van der Waals surface area (Å²) in [5.74, 6) is 0.988. The van der Waals surface area contributed by atoms with Crippen molar-refractivity contribution in [2.45, 2.75) is 37.7 Å². The van der Waals surface area contributed by atoms with Crippen LogP contribution in [0.25, 0.3) is 0 Å². The summed E-state index contributed by atoms with van der Waals surface area (Å²) in [6.07, 6.45) is 8.99. The largest absolute Gasteiger partial charge is 0.389 e. The maximum Gasteiger partial charge on any atom is 0.225 e. The van der Waals surface area contributed by atoms with E-state index in [9.17, 15) is 9.90 Å². The lowest BCUT2D eigenvalue weighted by molar-refractivity contribution is -0.0614. The maximum absolute atomic E-state index is 10.6. The third-order valence-electron chi connectivity index (χ3n) is 4.50. The normalized spacial score (nSPS) is 30.8. The van der Waals surface area contributed by atoms with Crippen LogP contribution in [0.5, 0.6) is 0 Å². The highest BCUT2D eigenvalue weighted by Gasteiger charge is 2.43. The molecule has 0 radical (unpaired) electrons. The van der Waals surface area contributed by atoms with Gasteiger partial charge in [0, 0.05) is 31.4 Å². The lowest BCUT2D eigenvalue weighted by atomic mass is 9.71. The topological polar surface area (TPSA) is 66.3 Å². The standard InChI is InChI=1S/C14H19N3O2/c18-10-11-7-15-13(16-8-11)17-6-5-14(19)4-2-1-3-12(14)9-17/h7-8,10,12,19H,1-6,9H2. The minimum absolute atomic E-state index is 0.323. The van der Waals surface area contributed by atoms with E-state index in [2.05, 4.69) is 14.9 Å². The van der Waals surface area contributed by atoms with Gasteiger partial charge >= 0.3 is 0 Å². The number of aliphatic hydroxyl groups is 1. The predicted molar refractivity (Wildman–Crippen MR) is 71.2 cm³/mol. The molecule has 5 heteroatoms. The van der Waals surface area contributed by atoms with Gasteiger partial charge in [-0.3, -0.25) is 4.79 Å². The molecule has 2 fully saturated rings. The van der Waals surface area contributed by atoms with Crippen LogP contribution < -0.4 is 4.90 Å². The molecule has 0 spiro atoms. The van der Waals surface area contributed by atoms with Crippen LogP contribution in [0, 0.1) is 5.92 Å². The van der Waals surface area contributed by atoms with Crippen LogP contribution in [0.1, 0.15) is 42.5 Å². The second-order valence-electron chi connectivity index (χ2n) is 5.68. The van der Waals surface area contributed by atoms with Crippen molar-refractivity contribution >= 4 is 12.2 Å². The molecule has 3 rings (SSSR count). The lowest BCUT2D eigenvalue weighted by Gasteiger charge is -2.47. The molecular formula is C14H19N3O2. The monoisotopic (exact) mass is 261 g/mol. The number of nitrogens with zero attached hydrogens (tertiary/aromatic N) is 3. The highest BCUT2D eigenvalue weighted by molar-refractivity contribution is 5.73. The molecule has 102 valence electrons. The zero-order valence-corrected chi connectivity index (χ0v) is 11.0. The third kappa shape index (κ3) is 2.34. The highest BCUT2D eigenvalue weighted by Crippen LogP contribution is 2.40. The van der Waals surface area contributed by atoms with Gasteiger partial charge in [-0.05, 0) is 19.3 Å². The molecule has 1 aromatic heterocycles. The van der Waals surface area contributed by atoms with Crippen LogP contribution in [0.2, 0.25) is 0 Å². The summed E-state index contributed by atoms with van der Waals surface area (Å²) < 4.78 is 0. The Bertz CT molecular complexity index is 462. The number of aromatic nitrogens is 2. The van der Waals surface area contributed by atoms with Gasteiger partial charge in [0.2, 0.25) is 5.95 Å². The van der Waals surface area contributed by atoms with E-state index in [1.54, 1.807) is 12.4 Å². The van der Waals surface area contributed by atoms with Crippen LogP contribution >= 0.6 is 0 Å². The van der Waals surface area contributed by atoms with E-state index in [1.807, 2.05) is 0 Å². The number of hydrogen-bond acceptors (Lipinski definition) is 5. The lowest BCUT2D eigenvalue weighted by Crippen LogP contribution is -2.53. The molecule has 1 saturated heterocycles. The summed E-state index contributed by atoms with van der Waals surface area (Å²) in [6, 6.07) is 0. The molecule has 1 aromatic rings. The average molecular weight is 261 g/mol. The number of carbonyl (C=O) groups is 1. The summed E-state index contributed by atoms with van der Waals surface area (Å²) in [5.41, 5.74) is 0.0206. The summed E-state index contributed by atoms with van der Waals surface area (Å²) in [5, 5.41) is 10.6. The summed E-state index contributed by atoms with van der Waals surface area (Å²) >= 11 is 0. The van der Waals surface area contributed by atoms with Gasteiger partial charge in [0.05, 0.1) is 11.2 Å². The number of fused-ring (bicyclic) bond motifs is 1. The van der Waals surface area contributed by atoms with Crippen molar-refractivity contribution in [3.8, 4) is 0 Å². The molecule has 2 atom stereocenters. The van der Waals surface area contributed by atoms with Gasteiger partial charge < -0.3 is 10.0 Å². The van der Waals surface area contributed by atoms with Crippen molar-refractivity contribution in [3.63, 3.8) is 0 Å². The Balaban J connectivity index is 1.74. The number of rotatable bonds is 2. The molecular weight excluding hydrogens is 242 g/mol. The van der Waals surface area contributed by atoms with E-state index in [-0.39, 0.29) is 0 Å². The summed E-state index contributed by atoms with van der Waals surface area (Å²) in [7, 11) is 0. The average Bonchev–Trinajstić information content (AvgIpc) is 2.46. The quantitative estimate of drug-likeness (QED) is 0.816. The third-order valence-corrected chi connectivity index (χ3v) is 4.50. The molecule has 1 aliphatic heterocycles. The van der Waals surface area contributed by atoms with Crippen LogP contribution in [-0.4, -0.2) is 40.1 Å². The second-order valence-corrected chi connectivity index (χ2v) is 5.68. The van der Waals surface area contributed by atoms with Crippen molar-refractivity contribution in [2.75, 3.05) is 18.0 Å².